The molecule has 2 saturated carbocycles. The Morgan fingerprint density at radius 1 is 1.00 bits per heavy atom. The highest BCUT2D eigenvalue weighted by molar-refractivity contribution is 5.81. The van der Waals surface area contributed by atoms with Gasteiger partial charge in [0.1, 0.15) is 0 Å². The maximum absolute atomic E-state index is 13.4. The van der Waals surface area contributed by atoms with Crippen molar-refractivity contribution in [1.29, 1.82) is 0 Å². The number of halogens is 6. The monoisotopic (exact) mass is 402 g/mol. The molecule has 2 fully saturated rings. The Labute approximate surface area is 151 Å². The molecule has 27 heavy (non-hydrogen) atoms. The summed E-state index contributed by atoms with van der Waals surface area (Å²) in [6.45, 7) is 3.83. The van der Waals surface area contributed by atoms with Crippen molar-refractivity contribution in [3.63, 3.8) is 0 Å². The predicted molar refractivity (Wildman–Crippen MR) is 80.2 cm³/mol. The first-order chi connectivity index (χ1) is 12.3. The highest BCUT2D eigenvalue weighted by Crippen LogP contribution is 2.58. The predicted octanol–water partition coefficient (Wildman–Crippen LogP) is 4.19. The maximum atomic E-state index is 13.4. The van der Waals surface area contributed by atoms with Crippen molar-refractivity contribution in [2.45, 2.75) is 50.6 Å². The van der Waals surface area contributed by atoms with E-state index in [1.54, 1.807) is 0 Å². The van der Waals surface area contributed by atoms with Gasteiger partial charge in [0.25, 0.3) is 0 Å². The molecule has 0 spiro atoms. The van der Waals surface area contributed by atoms with E-state index in [2.05, 4.69) is 11.3 Å². The van der Waals surface area contributed by atoms with Crippen LogP contribution in [0.25, 0.3) is 0 Å². The number of carbonyl (C=O) groups is 2. The van der Waals surface area contributed by atoms with E-state index in [1.165, 1.54) is 0 Å². The second-order valence-electron chi connectivity index (χ2n) is 7.20. The van der Waals surface area contributed by atoms with E-state index in [9.17, 15) is 35.9 Å². The molecule has 0 aromatic heterocycles. The van der Waals surface area contributed by atoms with Crippen molar-refractivity contribution >= 4 is 11.9 Å². The molecular formula is C17H20F6O4. The van der Waals surface area contributed by atoms with Crippen LogP contribution in [0.3, 0.4) is 0 Å². The summed E-state index contributed by atoms with van der Waals surface area (Å²) in [4.78, 5) is 22.1. The van der Waals surface area contributed by atoms with Crippen molar-refractivity contribution in [2.24, 2.45) is 23.7 Å². The maximum Gasteiger partial charge on any atom is 0.437 e. The molecule has 2 aliphatic carbocycles. The normalized spacial score (nSPS) is 28.1. The summed E-state index contributed by atoms with van der Waals surface area (Å²) in [5.41, 5.74) is -4.51. The smallest absolute Gasteiger partial charge is 0.437 e. The summed E-state index contributed by atoms with van der Waals surface area (Å²) in [6, 6.07) is 0. The van der Waals surface area contributed by atoms with Crippen LogP contribution in [0, 0.1) is 23.7 Å². The van der Waals surface area contributed by atoms with Crippen LogP contribution in [-0.4, -0.2) is 36.5 Å². The van der Waals surface area contributed by atoms with E-state index in [0.29, 0.717) is 19.8 Å². The Bertz CT molecular complexity index is 583. The fourth-order valence-corrected chi connectivity index (χ4v) is 4.38. The van der Waals surface area contributed by atoms with Gasteiger partial charge in [-0.2, -0.15) is 26.3 Å². The second-order valence-corrected chi connectivity index (χ2v) is 7.20. The average Bonchev–Trinajstić information content (AvgIpc) is 3.08. The van der Waals surface area contributed by atoms with Crippen LogP contribution in [0.15, 0.2) is 12.7 Å². The fraction of sp³-hybridized carbons (Fsp3) is 0.765. The van der Waals surface area contributed by atoms with Crippen LogP contribution in [0.5, 0.6) is 0 Å². The van der Waals surface area contributed by atoms with E-state index in [0.717, 1.165) is 6.08 Å². The summed E-state index contributed by atoms with van der Waals surface area (Å²) in [5.74, 6) is -3.76. The van der Waals surface area contributed by atoms with E-state index in [-0.39, 0.29) is 30.8 Å². The Hall–Kier alpha value is -1.74. The number of alkyl halides is 6. The van der Waals surface area contributed by atoms with Crippen LogP contribution >= 0.6 is 0 Å². The zero-order chi connectivity index (χ0) is 20.6. The van der Waals surface area contributed by atoms with Crippen LogP contribution in [-0.2, 0) is 19.1 Å². The largest absolute Gasteiger partial charge is 0.462 e. The zero-order valence-electron chi connectivity index (χ0n) is 14.5. The molecule has 0 aliphatic heterocycles. The molecule has 2 bridgehead atoms. The van der Waals surface area contributed by atoms with Gasteiger partial charge in [-0.3, -0.25) is 4.79 Å². The molecule has 0 heterocycles. The lowest BCUT2D eigenvalue weighted by molar-refractivity contribution is -0.374. The third-order valence-corrected chi connectivity index (χ3v) is 5.54. The summed E-state index contributed by atoms with van der Waals surface area (Å²) in [5, 5.41) is 0. The summed E-state index contributed by atoms with van der Waals surface area (Å²) >= 11 is 0. The first-order valence-corrected chi connectivity index (χ1v) is 8.43. The van der Waals surface area contributed by atoms with E-state index in [4.69, 9.17) is 4.74 Å². The average molecular weight is 402 g/mol. The van der Waals surface area contributed by atoms with Gasteiger partial charge < -0.3 is 9.47 Å². The number of esters is 2. The molecule has 0 N–H and O–H groups in total. The highest BCUT2D eigenvalue weighted by Gasteiger charge is 2.74. The molecule has 154 valence electrons. The molecule has 10 heteroatoms. The van der Waals surface area contributed by atoms with Crippen LogP contribution in [0.1, 0.15) is 32.6 Å². The summed E-state index contributed by atoms with van der Waals surface area (Å²) in [6.07, 6.45) is -11.0. The molecule has 0 radical (unpaired) electrons. The molecule has 2 rings (SSSR count). The third kappa shape index (κ3) is 4.24. The second kappa shape index (κ2) is 7.35. The topological polar surface area (TPSA) is 52.6 Å². The molecule has 2 aliphatic rings. The third-order valence-electron chi connectivity index (χ3n) is 5.54. The van der Waals surface area contributed by atoms with Gasteiger partial charge in [-0.25, -0.2) is 4.79 Å². The van der Waals surface area contributed by atoms with E-state index < -0.39 is 42.2 Å². The minimum atomic E-state index is -5.78. The minimum absolute atomic E-state index is 0.0619. The number of ether oxygens (including phenoxy) is 2. The van der Waals surface area contributed by atoms with Crippen molar-refractivity contribution in [2.75, 3.05) is 6.61 Å². The van der Waals surface area contributed by atoms with Gasteiger partial charge >= 0.3 is 29.9 Å². The first kappa shape index (κ1) is 21.6. The minimum Gasteiger partial charge on any atom is -0.462 e. The first-order valence-electron chi connectivity index (χ1n) is 8.43. The van der Waals surface area contributed by atoms with Crippen LogP contribution in [0.2, 0.25) is 0 Å². The van der Waals surface area contributed by atoms with Crippen LogP contribution in [0.4, 0.5) is 26.3 Å². The van der Waals surface area contributed by atoms with Gasteiger partial charge in [0.05, 0.1) is 6.61 Å². The van der Waals surface area contributed by atoms with E-state index >= 15 is 0 Å². The summed E-state index contributed by atoms with van der Waals surface area (Å²) in [7, 11) is 0. The Morgan fingerprint density at radius 2 is 1.52 bits per heavy atom. The van der Waals surface area contributed by atoms with Crippen molar-refractivity contribution in [1.82, 2.24) is 0 Å². The van der Waals surface area contributed by atoms with Gasteiger partial charge in [-0.1, -0.05) is 6.58 Å². The lowest BCUT2D eigenvalue weighted by Crippen LogP contribution is -2.60. The quantitative estimate of drug-likeness (QED) is 0.380. The number of rotatable bonds is 6. The molecule has 4 unspecified atom stereocenters. The molecule has 4 atom stereocenters. The SMILES string of the molecule is C=CC(=O)OCC1CC2CC1CC2CC(OC(C)=O)(C(F)(F)F)C(F)(F)F. The number of hydrogen-bond donors (Lipinski definition) is 0. The molecule has 0 saturated heterocycles. The number of fused-ring (bicyclic) bond motifs is 2. The lowest BCUT2D eigenvalue weighted by Gasteiger charge is -2.40. The van der Waals surface area contributed by atoms with Gasteiger partial charge in [0, 0.05) is 19.4 Å². The molecule has 0 aromatic carbocycles. The molecule has 4 nitrogen and oxygen atoms in total. The van der Waals surface area contributed by atoms with Crippen molar-refractivity contribution < 1.29 is 45.4 Å². The van der Waals surface area contributed by atoms with Gasteiger partial charge in [0.2, 0.25) is 0 Å². The van der Waals surface area contributed by atoms with Gasteiger partial charge in [-0.15, -0.1) is 0 Å². The Morgan fingerprint density at radius 3 is 1.93 bits per heavy atom. The molecule has 0 aromatic rings. The zero-order valence-corrected chi connectivity index (χ0v) is 14.5. The summed E-state index contributed by atoms with van der Waals surface area (Å²) < 4.78 is 89.2. The van der Waals surface area contributed by atoms with Crippen molar-refractivity contribution in [3.8, 4) is 0 Å². The Kier molecular flexibility index (Phi) is 5.87. The number of carbonyl (C=O) groups excluding carboxylic acids is 2. The lowest BCUT2D eigenvalue weighted by atomic mass is 9.76. The Balaban J connectivity index is 2.14. The number of hydrogen-bond acceptors (Lipinski definition) is 4. The van der Waals surface area contributed by atoms with Crippen molar-refractivity contribution in [3.05, 3.63) is 12.7 Å². The van der Waals surface area contributed by atoms with Gasteiger partial charge in [-0.05, 0) is 42.9 Å². The molecule has 0 amide bonds. The van der Waals surface area contributed by atoms with Gasteiger partial charge in [0.15, 0.2) is 0 Å². The standard InChI is InChI=1S/C17H20F6O4/c1-3-14(25)26-8-13-6-10-4-11(13)5-12(10)7-15(16(18,19)20,17(21,22)23)27-9(2)24/h3,10-13H,1,4-8H2,2H3. The highest BCUT2D eigenvalue weighted by atomic mass is 19.4. The molecular weight excluding hydrogens is 382 g/mol. The van der Waals surface area contributed by atoms with Crippen LogP contribution < -0.4 is 0 Å². The fourth-order valence-electron chi connectivity index (χ4n) is 4.38. The van der Waals surface area contributed by atoms with E-state index in [1.807, 2.05) is 0 Å².